The fraction of sp³-hybridized carbons (Fsp3) is 0.857. The van der Waals surface area contributed by atoms with Gasteiger partial charge >= 0.3 is 0 Å². The SMILES string of the molecule is C#CO[C@@H]1OC(CO)[C@H](O[C@@H]2OC(CO)[C@H](O)[C@H](O)C2O)[C@H](O)C1O. The van der Waals surface area contributed by atoms with Crippen LogP contribution >= 0.6 is 0 Å². The second-order valence-electron chi connectivity index (χ2n) is 5.74. The van der Waals surface area contributed by atoms with Crippen molar-refractivity contribution in [3.05, 3.63) is 0 Å². The van der Waals surface area contributed by atoms with Gasteiger partial charge in [0.1, 0.15) is 54.9 Å². The molecule has 11 nitrogen and oxygen atoms in total. The first-order valence-electron chi connectivity index (χ1n) is 7.55. The molecule has 0 aromatic carbocycles. The Morgan fingerprint density at radius 1 is 0.760 bits per heavy atom. The lowest BCUT2D eigenvalue weighted by molar-refractivity contribution is -0.354. The monoisotopic (exact) mass is 366 g/mol. The summed E-state index contributed by atoms with van der Waals surface area (Å²) >= 11 is 0. The van der Waals surface area contributed by atoms with Crippen molar-refractivity contribution < 1.29 is 54.7 Å². The molecule has 0 aromatic rings. The zero-order valence-electron chi connectivity index (χ0n) is 13.0. The Labute approximate surface area is 142 Å². The highest BCUT2D eigenvalue weighted by Crippen LogP contribution is 2.29. The maximum Gasteiger partial charge on any atom is 0.239 e. The van der Waals surface area contributed by atoms with Crippen molar-refractivity contribution >= 4 is 0 Å². The maximum atomic E-state index is 10.2. The van der Waals surface area contributed by atoms with E-state index in [-0.39, 0.29) is 0 Å². The standard InChI is InChI=1S/C14H22O11/c1-2-22-13-11(21)9(19)12(6(4-16)24-13)25-14-10(20)8(18)7(17)5(3-15)23-14/h1,5-21H,3-4H2/t5?,6?,7-,8-,9+,10?,11?,12-,13+,14-/m0/s1. The summed E-state index contributed by atoms with van der Waals surface area (Å²) < 4.78 is 20.4. The van der Waals surface area contributed by atoms with E-state index in [0.29, 0.717) is 0 Å². The van der Waals surface area contributed by atoms with Gasteiger partial charge in [0, 0.05) is 0 Å². The number of terminal acetylenes is 1. The molecule has 0 saturated carbocycles. The summed E-state index contributed by atoms with van der Waals surface area (Å²) in [6.45, 7) is -1.32. The topological polar surface area (TPSA) is 179 Å². The molecule has 144 valence electrons. The Kier molecular flexibility index (Phi) is 6.94. The molecule has 0 spiro atoms. The van der Waals surface area contributed by atoms with E-state index < -0.39 is 74.6 Å². The first kappa shape index (κ1) is 20.3. The molecular weight excluding hydrogens is 344 g/mol. The Hall–Kier alpha value is -1.04. The van der Waals surface area contributed by atoms with E-state index in [1.807, 2.05) is 0 Å². The van der Waals surface area contributed by atoms with Crippen LogP contribution in [0.2, 0.25) is 0 Å². The highest BCUT2D eigenvalue weighted by molar-refractivity contribution is 4.94. The molecule has 0 radical (unpaired) electrons. The van der Waals surface area contributed by atoms with E-state index in [9.17, 15) is 30.6 Å². The molecule has 0 aliphatic carbocycles. The second kappa shape index (κ2) is 8.56. The smallest absolute Gasteiger partial charge is 0.239 e. The molecular formula is C14H22O11. The van der Waals surface area contributed by atoms with Gasteiger partial charge < -0.3 is 54.7 Å². The highest BCUT2D eigenvalue weighted by atomic mass is 16.7. The second-order valence-corrected chi connectivity index (χ2v) is 5.74. The van der Waals surface area contributed by atoms with Crippen LogP contribution in [0.3, 0.4) is 0 Å². The molecule has 0 bridgehead atoms. The van der Waals surface area contributed by atoms with Crippen LogP contribution in [0.4, 0.5) is 0 Å². The van der Waals surface area contributed by atoms with E-state index in [4.69, 9.17) is 25.7 Å². The van der Waals surface area contributed by atoms with Gasteiger partial charge in [-0.25, -0.2) is 0 Å². The van der Waals surface area contributed by atoms with Gasteiger partial charge in [-0.2, -0.15) is 0 Å². The van der Waals surface area contributed by atoms with Crippen LogP contribution in [0.1, 0.15) is 0 Å². The highest BCUT2D eigenvalue weighted by Gasteiger charge is 2.50. The molecule has 2 saturated heterocycles. The van der Waals surface area contributed by atoms with E-state index >= 15 is 0 Å². The zero-order chi connectivity index (χ0) is 18.7. The zero-order valence-corrected chi connectivity index (χ0v) is 13.0. The third-order valence-electron chi connectivity index (χ3n) is 4.14. The molecule has 2 aliphatic heterocycles. The third kappa shape index (κ3) is 4.04. The van der Waals surface area contributed by atoms with Crippen molar-refractivity contribution in [1.29, 1.82) is 0 Å². The molecule has 2 aliphatic rings. The van der Waals surface area contributed by atoms with Gasteiger partial charge in [0.2, 0.25) is 6.29 Å². The number of hydrogen-bond acceptors (Lipinski definition) is 11. The van der Waals surface area contributed by atoms with Gasteiger partial charge in [0.05, 0.1) is 13.2 Å². The average molecular weight is 366 g/mol. The molecule has 2 rings (SSSR count). The molecule has 2 heterocycles. The molecule has 0 amide bonds. The van der Waals surface area contributed by atoms with Gasteiger partial charge in [-0.1, -0.05) is 6.42 Å². The van der Waals surface area contributed by atoms with Gasteiger partial charge in [-0.15, -0.1) is 0 Å². The van der Waals surface area contributed by atoms with Crippen LogP contribution in [0.25, 0.3) is 0 Å². The summed E-state index contributed by atoms with van der Waals surface area (Å²) in [6.07, 6.45) is -8.33. The lowest BCUT2D eigenvalue weighted by Crippen LogP contribution is -2.64. The first-order valence-corrected chi connectivity index (χ1v) is 7.55. The quantitative estimate of drug-likeness (QED) is 0.232. The fourth-order valence-electron chi connectivity index (χ4n) is 2.72. The summed E-state index contributed by atoms with van der Waals surface area (Å²) in [7, 11) is 0. The van der Waals surface area contributed by atoms with E-state index in [2.05, 4.69) is 4.74 Å². The predicted octanol–water partition coefficient (Wildman–Crippen LogP) is -4.78. The van der Waals surface area contributed by atoms with Gasteiger partial charge in [0.25, 0.3) is 0 Å². The summed E-state index contributed by atoms with van der Waals surface area (Å²) in [5.41, 5.74) is 0. The average Bonchev–Trinajstić information content (AvgIpc) is 2.61. The van der Waals surface area contributed by atoms with Crippen LogP contribution < -0.4 is 0 Å². The molecule has 0 aromatic heterocycles. The van der Waals surface area contributed by atoms with Crippen molar-refractivity contribution in [2.45, 2.75) is 61.4 Å². The largest absolute Gasteiger partial charge is 0.412 e. The molecule has 11 heteroatoms. The van der Waals surface area contributed by atoms with E-state index in [0.717, 1.165) is 0 Å². The number of ether oxygens (including phenoxy) is 4. The van der Waals surface area contributed by atoms with Crippen LogP contribution in [-0.2, 0) is 18.9 Å². The molecule has 4 unspecified atom stereocenters. The molecule has 2 fully saturated rings. The third-order valence-corrected chi connectivity index (χ3v) is 4.14. The Balaban J connectivity index is 2.12. The number of aliphatic hydroxyl groups excluding tert-OH is 7. The maximum absolute atomic E-state index is 10.2. The van der Waals surface area contributed by atoms with Crippen molar-refractivity contribution in [3.8, 4) is 12.5 Å². The molecule has 25 heavy (non-hydrogen) atoms. The normalized spacial score (nSPS) is 47.9. The molecule has 10 atom stereocenters. The van der Waals surface area contributed by atoms with E-state index in [1.165, 1.54) is 0 Å². The minimum atomic E-state index is -1.72. The van der Waals surface area contributed by atoms with Crippen molar-refractivity contribution in [3.63, 3.8) is 0 Å². The lowest BCUT2D eigenvalue weighted by atomic mass is 9.97. The first-order chi connectivity index (χ1) is 11.8. The van der Waals surface area contributed by atoms with E-state index in [1.54, 1.807) is 6.11 Å². The van der Waals surface area contributed by atoms with Crippen molar-refractivity contribution in [1.82, 2.24) is 0 Å². The van der Waals surface area contributed by atoms with Gasteiger partial charge in [-0.05, 0) is 0 Å². The summed E-state index contributed by atoms with van der Waals surface area (Å²) in [4.78, 5) is 0. The summed E-state index contributed by atoms with van der Waals surface area (Å²) in [5.74, 6) is 0. The minimum Gasteiger partial charge on any atom is -0.412 e. The minimum absolute atomic E-state index is 0.656. The molecule has 7 N–H and O–H groups in total. The Bertz CT molecular complexity index is 464. The lowest BCUT2D eigenvalue weighted by Gasteiger charge is -2.45. The van der Waals surface area contributed by atoms with Gasteiger partial charge in [0.15, 0.2) is 6.29 Å². The fourth-order valence-corrected chi connectivity index (χ4v) is 2.72. The van der Waals surface area contributed by atoms with Crippen molar-refractivity contribution in [2.75, 3.05) is 13.2 Å². The number of aliphatic hydroxyl groups is 7. The summed E-state index contributed by atoms with van der Waals surface area (Å²) in [6, 6.07) is 0. The Morgan fingerprint density at radius 2 is 1.32 bits per heavy atom. The number of rotatable bonds is 5. The predicted molar refractivity (Wildman–Crippen MR) is 76.3 cm³/mol. The van der Waals surface area contributed by atoms with Crippen molar-refractivity contribution in [2.24, 2.45) is 0 Å². The number of hydrogen-bond donors (Lipinski definition) is 7. The van der Waals surface area contributed by atoms with Gasteiger partial charge in [-0.3, -0.25) is 0 Å². The van der Waals surface area contributed by atoms with Crippen LogP contribution in [-0.4, -0.2) is 110 Å². The van der Waals surface area contributed by atoms with Crippen LogP contribution in [0.15, 0.2) is 0 Å². The Morgan fingerprint density at radius 3 is 1.88 bits per heavy atom. The summed E-state index contributed by atoms with van der Waals surface area (Å²) in [5, 5.41) is 68.1. The van der Waals surface area contributed by atoms with Crippen LogP contribution in [0, 0.1) is 12.5 Å². The van der Waals surface area contributed by atoms with Crippen LogP contribution in [0.5, 0.6) is 0 Å².